The summed E-state index contributed by atoms with van der Waals surface area (Å²) in [5.74, 6) is 0.415. The minimum absolute atomic E-state index is 0.00192. The molecule has 37 heavy (non-hydrogen) atoms. The smallest absolute Gasteiger partial charge is 0.270 e. The van der Waals surface area contributed by atoms with Crippen LogP contribution in [0.5, 0.6) is 0 Å². The highest BCUT2D eigenvalue weighted by Crippen LogP contribution is 2.27. The highest BCUT2D eigenvalue weighted by atomic mass is 16.4. The van der Waals surface area contributed by atoms with E-state index < -0.39 is 0 Å². The van der Waals surface area contributed by atoms with Crippen LogP contribution in [0.25, 0.3) is 10.9 Å². The molecule has 2 heterocycles. The predicted octanol–water partition coefficient (Wildman–Crippen LogP) is 2.27. The van der Waals surface area contributed by atoms with Crippen LogP contribution in [-0.2, 0) is 11.3 Å². The Morgan fingerprint density at radius 3 is 2.41 bits per heavy atom. The van der Waals surface area contributed by atoms with E-state index in [1.165, 1.54) is 0 Å². The minimum atomic E-state index is -0.134. The van der Waals surface area contributed by atoms with Crippen LogP contribution >= 0.6 is 0 Å². The topological polar surface area (TPSA) is 165 Å². The first-order valence-electron chi connectivity index (χ1n) is 12.6. The molecule has 0 bridgehead atoms. The van der Waals surface area contributed by atoms with E-state index in [0.29, 0.717) is 55.6 Å². The second-order valence-electron chi connectivity index (χ2n) is 9.47. The van der Waals surface area contributed by atoms with Crippen LogP contribution in [0.15, 0.2) is 53.7 Å². The molecule has 1 aliphatic heterocycles. The zero-order valence-corrected chi connectivity index (χ0v) is 20.9. The lowest BCUT2D eigenvalue weighted by Gasteiger charge is -2.32. The third-order valence-corrected chi connectivity index (χ3v) is 6.95. The van der Waals surface area contributed by atoms with Crippen molar-refractivity contribution < 1.29 is 14.8 Å². The summed E-state index contributed by atoms with van der Waals surface area (Å²) < 4.78 is 1.97. The Bertz CT molecular complexity index is 1280. The number of hydrogen-bond acceptors (Lipinski definition) is 6. The van der Waals surface area contributed by atoms with Crippen molar-refractivity contribution in [3.8, 4) is 0 Å². The molecule has 0 radical (unpaired) electrons. The van der Waals surface area contributed by atoms with Gasteiger partial charge >= 0.3 is 0 Å². The summed E-state index contributed by atoms with van der Waals surface area (Å²) in [6.45, 7) is 2.81. The number of fused-ring (bicyclic) bond motifs is 1. The van der Waals surface area contributed by atoms with Gasteiger partial charge in [0, 0.05) is 54.8 Å². The highest BCUT2D eigenvalue weighted by molar-refractivity contribution is 6.03. The molecule has 4 rings (SSSR count). The lowest BCUT2D eigenvalue weighted by Crippen LogP contribution is -2.39. The molecule has 0 saturated carbocycles. The highest BCUT2D eigenvalue weighted by Gasteiger charge is 2.26. The van der Waals surface area contributed by atoms with E-state index in [1.54, 1.807) is 6.07 Å². The van der Waals surface area contributed by atoms with Gasteiger partial charge in [0.1, 0.15) is 5.69 Å². The van der Waals surface area contributed by atoms with Crippen molar-refractivity contribution in [1.29, 1.82) is 0 Å². The maximum absolute atomic E-state index is 13.7. The van der Waals surface area contributed by atoms with E-state index in [9.17, 15) is 9.59 Å². The number of rotatable bonds is 9. The number of nitrogens with zero attached hydrogens (tertiary/aromatic N) is 3. The zero-order valence-electron chi connectivity index (χ0n) is 20.9. The molecule has 0 atom stereocenters. The van der Waals surface area contributed by atoms with E-state index >= 15 is 0 Å². The van der Waals surface area contributed by atoms with Gasteiger partial charge in [-0.3, -0.25) is 9.59 Å². The van der Waals surface area contributed by atoms with Crippen LogP contribution < -0.4 is 22.5 Å². The van der Waals surface area contributed by atoms with Gasteiger partial charge in [-0.2, -0.15) is 0 Å². The number of aromatic nitrogens is 1. The van der Waals surface area contributed by atoms with Gasteiger partial charge in [-0.05, 0) is 61.6 Å². The second kappa shape index (κ2) is 11.9. The lowest BCUT2D eigenvalue weighted by molar-refractivity contribution is -0.116. The quantitative estimate of drug-likeness (QED) is 0.129. The molecule has 3 aromatic rings. The number of piperidine rings is 1. The summed E-state index contributed by atoms with van der Waals surface area (Å²) in [5, 5.41) is 16.0. The summed E-state index contributed by atoms with van der Waals surface area (Å²) in [7, 11) is 0. The SMILES string of the molecule is NCCC(=O)Nc1ccc(Cn2c(C(=O)N3CCC(CCN)CC3)cc3ccc(/C(N)=N/O)cc32)cc1. The number of amidine groups is 1. The second-order valence-corrected chi connectivity index (χ2v) is 9.47. The van der Waals surface area contributed by atoms with Crippen molar-refractivity contribution in [2.24, 2.45) is 28.3 Å². The summed E-state index contributed by atoms with van der Waals surface area (Å²) in [6, 6.07) is 14.9. The van der Waals surface area contributed by atoms with Gasteiger partial charge < -0.3 is 37.2 Å². The molecule has 0 unspecified atom stereocenters. The third kappa shape index (κ3) is 6.10. The van der Waals surface area contributed by atoms with Gasteiger partial charge in [0.15, 0.2) is 5.84 Å². The number of carbonyl (C=O) groups excluding carboxylic acids is 2. The van der Waals surface area contributed by atoms with Crippen molar-refractivity contribution in [3.05, 3.63) is 65.4 Å². The molecule has 10 heteroatoms. The molecule has 1 saturated heterocycles. The van der Waals surface area contributed by atoms with Crippen LogP contribution in [0.4, 0.5) is 5.69 Å². The number of hydrogen-bond donors (Lipinski definition) is 5. The number of nitrogens with two attached hydrogens (primary N) is 3. The molecule has 10 nitrogen and oxygen atoms in total. The molecule has 0 spiro atoms. The van der Waals surface area contributed by atoms with Gasteiger partial charge in [-0.25, -0.2) is 0 Å². The van der Waals surface area contributed by atoms with Crippen molar-refractivity contribution in [2.45, 2.75) is 32.2 Å². The fourth-order valence-corrected chi connectivity index (χ4v) is 4.87. The zero-order chi connectivity index (χ0) is 26.4. The molecule has 2 aromatic carbocycles. The van der Waals surface area contributed by atoms with Crippen LogP contribution in [0.3, 0.4) is 0 Å². The molecular weight excluding hydrogens is 470 g/mol. The van der Waals surface area contributed by atoms with Crippen LogP contribution in [0.2, 0.25) is 0 Å². The average Bonchev–Trinajstić information content (AvgIpc) is 3.27. The normalized spacial score (nSPS) is 14.8. The van der Waals surface area contributed by atoms with Gasteiger partial charge in [-0.15, -0.1) is 0 Å². The number of nitrogens with one attached hydrogen (secondary N) is 1. The van der Waals surface area contributed by atoms with Crippen molar-refractivity contribution in [3.63, 3.8) is 0 Å². The Morgan fingerprint density at radius 1 is 1.03 bits per heavy atom. The Morgan fingerprint density at radius 2 is 1.76 bits per heavy atom. The van der Waals surface area contributed by atoms with Crippen LogP contribution in [0, 0.1) is 5.92 Å². The fraction of sp³-hybridized carbons (Fsp3) is 0.370. The Kier molecular flexibility index (Phi) is 8.42. The summed E-state index contributed by atoms with van der Waals surface area (Å²) >= 11 is 0. The molecule has 8 N–H and O–H groups in total. The fourth-order valence-electron chi connectivity index (χ4n) is 4.87. The third-order valence-electron chi connectivity index (χ3n) is 6.95. The minimum Gasteiger partial charge on any atom is -0.409 e. The molecular formula is C27H35N7O3. The van der Waals surface area contributed by atoms with Crippen LogP contribution in [0.1, 0.15) is 47.3 Å². The first-order chi connectivity index (χ1) is 17.9. The van der Waals surface area contributed by atoms with Crippen molar-refractivity contribution in [1.82, 2.24) is 9.47 Å². The Hall–Kier alpha value is -3.89. The maximum Gasteiger partial charge on any atom is 0.270 e. The van der Waals surface area contributed by atoms with Gasteiger partial charge in [0.2, 0.25) is 5.91 Å². The monoisotopic (exact) mass is 505 g/mol. The van der Waals surface area contributed by atoms with Gasteiger partial charge in [0.25, 0.3) is 5.91 Å². The first-order valence-corrected chi connectivity index (χ1v) is 12.6. The molecule has 1 aromatic heterocycles. The maximum atomic E-state index is 13.7. The summed E-state index contributed by atoms with van der Waals surface area (Å²) in [5.41, 5.74) is 20.6. The van der Waals surface area contributed by atoms with E-state index in [0.717, 1.165) is 35.7 Å². The number of oxime groups is 1. The lowest BCUT2D eigenvalue weighted by atomic mass is 9.93. The van der Waals surface area contributed by atoms with Gasteiger partial charge in [-0.1, -0.05) is 29.4 Å². The van der Waals surface area contributed by atoms with E-state index in [-0.39, 0.29) is 24.1 Å². The van der Waals surface area contributed by atoms with Crippen molar-refractivity contribution in [2.75, 3.05) is 31.5 Å². The standard InChI is InChI=1S/C27H35N7O3/c28-11-7-18-9-13-33(14-10-18)27(36)24-15-20-3-4-21(26(30)32-37)16-23(20)34(24)17-19-1-5-22(6-2-19)31-25(35)8-12-29/h1-6,15-16,18,37H,7-14,17,28-29H2,(H2,30,32)(H,31,35). The first kappa shape index (κ1) is 26.2. The Labute approximate surface area is 216 Å². The van der Waals surface area contributed by atoms with Crippen LogP contribution in [-0.4, -0.2) is 58.5 Å². The van der Waals surface area contributed by atoms with E-state index in [1.807, 2.05) is 51.9 Å². The summed E-state index contributed by atoms with van der Waals surface area (Å²) in [4.78, 5) is 27.5. The number of likely N-dealkylation sites (tertiary alicyclic amines) is 1. The van der Waals surface area contributed by atoms with E-state index in [2.05, 4.69) is 10.5 Å². The molecule has 1 fully saturated rings. The Balaban J connectivity index is 1.65. The molecule has 2 amide bonds. The average molecular weight is 506 g/mol. The number of amides is 2. The van der Waals surface area contributed by atoms with E-state index in [4.69, 9.17) is 22.4 Å². The number of carbonyl (C=O) groups is 2. The number of benzene rings is 2. The largest absolute Gasteiger partial charge is 0.409 e. The molecule has 196 valence electrons. The predicted molar refractivity (Wildman–Crippen MR) is 145 cm³/mol. The molecule has 0 aliphatic carbocycles. The van der Waals surface area contributed by atoms with Gasteiger partial charge in [0.05, 0.1) is 0 Å². The molecule has 1 aliphatic rings. The number of anilines is 1. The van der Waals surface area contributed by atoms with Crippen molar-refractivity contribution >= 4 is 34.2 Å². The summed E-state index contributed by atoms with van der Waals surface area (Å²) in [6.07, 6.45) is 3.15.